The summed E-state index contributed by atoms with van der Waals surface area (Å²) >= 11 is 1.68. The van der Waals surface area contributed by atoms with E-state index in [-0.39, 0.29) is 0 Å². The lowest BCUT2D eigenvalue weighted by Crippen LogP contribution is -2.21. The second-order valence-corrected chi connectivity index (χ2v) is 7.50. The summed E-state index contributed by atoms with van der Waals surface area (Å²) in [5.41, 5.74) is 0. The van der Waals surface area contributed by atoms with E-state index < -0.39 is 0 Å². The van der Waals surface area contributed by atoms with Crippen molar-refractivity contribution >= 4 is 27.4 Å². The Kier molecular flexibility index (Phi) is 6.81. The van der Waals surface area contributed by atoms with Crippen molar-refractivity contribution in [2.45, 2.75) is 57.6 Å². The largest absolute Gasteiger partial charge is 0.382 e. The smallest absolute Gasteiger partial charge is 0.138 e. The summed E-state index contributed by atoms with van der Waals surface area (Å²) in [4.78, 5) is 11.1. The molecule has 3 rings (SSSR count). The summed E-state index contributed by atoms with van der Waals surface area (Å²) in [5.74, 6) is 0.977. The lowest BCUT2D eigenvalue weighted by molar-refractivity contribution is 0.0629. The number of thiophene rings is 1. The van der Waals surface area contributed by atoms with Crippen molar-refractivity contribution < 1.29 is 9.47 Å². The predicted octanol–water partition coefficient (Wildman–Crippen LogP) is 4.38. The molecule has 0 spiro atoms. The Bertz CT molecular complexity index is 624. The van der Waals surface area contributed by atoms with Gasteiger partial charge in [0.15, 0.2) is 0 Å². The second kappa shape index (κ2) is 9.30. The van der Waals surface area contributed by atoms with Gasteiger partial charge in [-0.15, -0.1) is 11.3 Å². The molecule has 0 radical (unpaired) electrons. The zero-order chi connectivity index (χ0) is 16.6. The number of fused-ring (bicyclic) bond motifs is 1. The van der Waals surface area contributed by atoms with Crippen LogP contribution >= 0.6 is 11.3 Å². The van der Waals surface area contributed by atoms with Crippen LogP contribution in [-0.2, 0) is 16.1 Å². The van der Waals surface area contributed by atoms with Crippen LogP contribution in [-0.4, -0.2) is 36.3 Å². The molecule has 5 nitrogen and oxygen atoms in total. The minimum Gasteiger partial charge on any atom is -0.382 e. The zero-order valence-corrected chi connectivity index (χ0v) is 15.2. The fourth-order valence-electron chi connectivity index (χ4n) is 3.20. The topological polar surface area (TPSA) is 56.3 Å². The first kappa shape index (κ1) is 17.6. The van der Waals surface area contributed by atoms with E-state index in [1.807, 2.05) is 0 Å². The molecule has 1 N–H and O–H groups in total. The molecule has 0 unspecified atom stereocenters. The summed E-state index contributed by atoms with van der Waals surface area (Å²) in [5, 5.41) is 4.80. The highest BCUT2D eigenvalue weighted by molar-refractivity contribution is 7.18. The van der Waals surface area contributed by atoms with Gasteiger partial charge in [-0.25, -0.2) is 9.97 Å². The van der Waals surface area contributed by atoms with Crippen LogP contribution in [0.1, 0.15) is 49.8 Å². The van der Waals surface area contributed by atoms with E-state index in [0.717, 1.165) is 16.0 Å². The van der Waals surface area contributed by atoms with Gasteiger partial charge >= 0.3 is 0 Å². The summed E-state index contributed by atoms with van der Waals surface area (Å²) in [7, 11) is 1.69. The minimum absolute atomic E-state index is 0.532. The number of methoxy groups -OCH3 is 1. The van der Waals surface area contributed by atoms with Gasteiger partial charge in [-0.3, -0.25) is 0 Å². The van der Waals surface area contributed by atoms with Crippen LogP contribution in [0.3, 0.4) is 0 Å². The highest BCUT2D eigenvalue weighted by Gasteiger charge is 2.15. The van der Waals surface area contributed by atoms with Gasteiger partial charge in [-0.2, -0.15) is 0 Å². The first-order valence-corrected chi connectivity index (χ1v) is 9.75. The molecular formula is C18H27N3O2S. The third-order valence-corrected chi connectivity index (χ3v) is 5.52. The highest BCUT2D eigenvalue weighted by Crippen LogP contribution is 2.30. The third-order valence-electron chi connectivity index (χ3n) is 4.50. The van der Waals surface area contributed by atoms with Crippen molar-refractivity contribution in [1.82, 2.24) is 9.97 Å². The molecule has 132 valence electrons. The molecular weight excluding hydrogens is 322 g/mol. The lowest BCUT2D eigenvalue weighted by Gasteiger charge is -2.21. The standard InChI is InChI=1S/C18H27N3O2S/c1-22-9-10-23-12-15-11-16-17(19-13-20-18(16)24-15)21-14-7-5-3-2-4-6-8-14/h11,13-14H,2-10,12H2,1H3,(H,19,20,21). The van der Waals surface area contributed by atoms with Gasteiger partial charge in [0.05, 0.1) is 25.2 Å². The first-order valence-electron chi connectivity index (χ1n) is 8.93. The van der Waals surface area contributed by atoms with Crippen molar-refractivity contribution in [2.75, 3.05) is 25.6 Å². The van der Waals surface area contributed by atoms with Crippen LogP contribution in [0, 0.1) is 0 Å². The molecule has 1 aliphatic carbocycles. The maximum absolute atomic E-state index is 5.63. The van der Waals surface area contributed by atoms with Crippen molar-refractivity contribution in [2.24, 2.45) is 0 Å². The zero-order valence-electron chi connectivity index (χ0n) is 14.4. The van der Waals surface area contributed by atoms with E-state index in [0.29, 0.717) is 25.9 Å². The first-order chi connectivity index (χ1) is 11.9. The number of ether oxygens (including phenoxy) is 2. The Morgan fingerprint density at radius 1 is 1.12 bits per heavy atom. The molecule has 1 fully saturated rings. The molecule has 2 aromatic heterocycles. The quantitative estimate of drug-likeness (QED) is 0.752. The van der Waals surface area contributed by atoms with E-state index in [2.05, 4.69) is 21.4 Å². The van der Waals surface area contributed by atoms with Gasteiger partial charge < -0.3 is 14.8 Å². The Morgan fingerprint density at radius 3 is 2.71 bits per heavy atom. The normalized spacial score (nSPS) is 16.9. The van der Waals surface area contributed by atoms with E-state index in [9.17, 15) is 0 Å². The van der Waals surface area contributed by atoms with Crippen LogP contribution in [0.5, 0.6) is 0 Å². The molecule has 0 saturated heterocycles. The number of rotatable bonds is 7. The number of hydrogen-bond donors (Lipinski definition) is 1. The summed E-state index contributed by atoms with van der Waals surface area (Å²) < 4.78 is 10.6. The van der Waals surface area contributed by atoms with Gasteiger partial charge in [0, 0.05) is 18.0 Å². The number of hydrogen-bond acceptors (Lipinski definition) is 6. The van der Waals surface area contributed by atoms with Crippen molar-refractivity contribution in [3.8, 4) is 0 Å². The molecule has 0 bridgehead atoms. The molecule has 0 aromatic carbocycles. The van der Waals surface area contributed by atoms with Crippen molar-refractivity contribution in [3.05, 3.63) is 17.3 Å². The molecule has 2 aromatic rings. The van der Waals surface area contributed by atoms with Crippen molar-refractivity contribution in [3.63, 3.8) is 0 Å². The van der Waals surface area contributed by atoms with Crippen LogP contribution in [0.2, 0.25) is 0 Å². The Labute approximate surface area is 147 Å². The highest BCUT2D eigenvalue weighted by atomic mass is 32.1. The van der Waals surface area contributed by atoms with Gasteiger partial charge in [0.25, 0.3) is 0 Å². The molecule has 6 heteroatoms. The van der Waals surface area contributed by atoms with Crippen LogP contribution in [0.15, 0.2) is 12.4 Å². The number of nitrogens with one attached hydrogen (secondary N) is 1. The van der Waals surface area contributed by atoms with E-state index >= 15 is 0 Å². The van der Waals surface area contributed by atoms with Crippen LogP contribution in [0.25, 0.3) is 10.2 Å². The van der Waals surface area contributed by atoms with Crippen LogP contribution < -0.4 is 5.32 Å². The average molecular weight is 350 g/mol. The van der Waals surface area contributed by atoms with Crippen LogP contribution in [0.4, 0.5) is 5.82 Å². The third kappa shape index (κ3) is 4.88. The van der Waals surface area contributed by atoms with Gasteiger partial charge in [-0.1, -0.05) is 32.1 Å². The molecule has 24 heavy (non-hydrogen) atoms. The Balaban J connectivity index is 1.67. The summed E-state index contributed by atoms with van der Waals surface area (Å²) in [6.45, 7) is 1.84. The minimum atomic E-state index is 0.532. The molecule has 2 heterocycles. The lowest BCUT2D eigenvalue weighted by atomic mass is 9.97. The maximum atomic E-state index is 5.63. The summed E-state index contributed by atoms with van der Waals surface area (Å²) in [6.07, 6.45) is 10.9. The summed E-state index contributed by atoms with van der Waals surface area (Å²) in [6, 6.07) is 2.70. The fourth-order valence-corrected chi connectivity index (χ4v) is 4.13. The number of anilines is 1. The molecule has 0 atom stereocenters. The average Bonchev–Trinajstić information content (AvgIpc) is 2.98. The SMILES string of the molecule is COCCOCc1cc2c(NC3CCCCCCC3)ncnc2s1. The Hall–Kier alpha value is -1.24. The molecule has 0 amide bonds. The predicted molar refractivity (Wildman–Crippen MR) is 98.7 cm³/mol. The van der Waals surface area contributed by atoms with E-state index in [1.165, 1.54) is 49.8 Å². The second-order valence-electron chi connectivity index (χ2n) is 6.39. The number of nitrogens with zero attached hydrogens (tertiary/aromatic N) is 2. The van der Waals surface area contributed by atoms with E-state index in [4.69, 9.17) is 9.47 Å². The van der Waals surface area contributed by atoms with Gasteiger partial charge in [-0.05, 0) is 18.9 Å². The Morgan fingerprint density at radius 2 is 1.92 bits per heavy atom. The molecule has 1 saturated carbocycles. The number of aromatic nitrogens is 2. The maximum Gasteiger partial charge on any atom is 0.138 e. The fraction of sp³-hybridized carbons (Fsp3) is 0.667. The molecule has 0 aliphatic heterocycles. The monoisotopic (exact) mass is 349 g/mol. The van der Waals surface area contributed by atoms with E-state index in [1.54, 1.807) is 24.8 Å². The molecule has 1 aliphatic rings. The van der Waals surface area contributed by atoms with Gasteiger partial charge in [0.2, 0.25) is 0 Å². The van der Waals surface area contributed by atoms with Crippen molar-refractivity contribution in [1.29, 1.82) is 0 Å². The van der Waals surface area contributed by atoms with Gasteiger partial charge in [0.1, 0.15) is 17.0 Å².